The predicted molar refractivity (Wildman–Crippen MR) is 124 cm³/mol. The molecule has 2 aromatic carbocycles. The quantitative estimate of drug-likeness (QED) is 0.533. The smallest absolute Gasteiger partial charge is 0.0931 e. The minimum atomic E-state index is -0.588. The molecule has 30 heavy (non-hydrogen) atoms. The molecular formula is C23H22Cl3N3O. The summed E-state index contributed by atoms with van der Waals surface area (Å²) in [5.74, 6) is 0. The number of halogens is 3. The molecule has 0 saturated carbocycles. The Morgan fingerprint density at radius 3 is 2.47 bits per heavy atom. The lowest BCUT2D eigenvalue weighted by Crippen LogP contribution is -2.49. The fourth-order valence-corrected chi connectivity index (χ4v) is 4.54. The van der Waals surface area contributed by atoms with Gasteiger partial charge in [0, 0.05) is 54.2 Å². The van der Waals surface area contributed by atoms with Crippen molar-refractivity contribution in [2.75, 3.05) is 31.1 Å². The van der Waals surface area contributed by atoms with Crippen molar-refractivity contribution in [3.63, 3.8) is 0 Å². The average Bonchev–Trinajstić information content (AvgIpc) is 2.75. The summed E-state index contributed by atoms with van der Waals surface area (Å²) < 4.78 is 0. The van der Waals surface area contributed by atoms with Gasteiger partial charge in [-0.15, -0.1) is 0 Å². The molecule has 156 valence electrons. The van der Waals surface area contributed by atoms with Crippen LogP contribution >= 0.6 is 34.8 Å². The highest BCUT2D eigenvalue weighted by atomic mass is 35.5. The van der Waals surface area contributed by atoms with Crippen molar-refractivity contribution in [1.82, 2.24) is 9.88 Å². The number of rotatable bonds is 5. The van der Waals surface area contributed by atoms with Gasteiger partial charge in [0.05, 0.1) is 22.9 Å². The van der Waals surface area contributed by atoms with Crippen LogP contribution in [0.4, 0.5) is 5.69 Å². The van der Waals surface area contributed by atoms with Crippen LogP contribution in [0, 0.1) is 0 Å². The number of hydrogen-bond acceptors (Lipinski definition) is 4. The zero-order valence-corrected chi connectivity index (χ0v) is 18.5. The first kappa shape index (κ1) is 21.4. The van der Waals surface area contributed by atoms with Gasteiger partial charge in [-0.05, 0) is 42.0 Å². The van der Waals surface area contributed by atoms with E-state index in [9.17, 15) is 5.11 Å². The summed E-state index contributed by atoms with van der Waals surface area (Å²) in [6, 6.07) is 17.3. The van der Waals surface area contributed by atoms with Crippen molar-refractivity contribution < 1.29 is 5.11 Å². The minimum absolute atomic E-state index is 0.0655. The lowest BCUT2D eigenvalue weighted by Gasteiger charge is -2.44. The highest BCUT2D eigenvalue weighted by Crippen LogP contribution is 2.37. The van der Waals surface area contributed by atoms with E-state index in [0.29, 0.717) is 21.6 Å². The van der Waals surface area contributed by atoms with Crippen LogP contribution in [0.15, 0.2) is 67.0 Å². The van der Waals surface area contributed by atoms with Gasteiger partial charge in [-0.25, -0.2) is 0 Å². The Morgan fingerprint density at radius 2 is 1.77 bits per heavy atom. The van der Waals surface area contributed by atoms with Gasteiger partial charge < -0.3 is 10.0 Å². The normalized spacial score (nSPS) is 18.4. The van der Waals surface area contributed by atoms with Gasteiger partial charge in [-0.3, -0.25) is 9.88 Å². The molecular weight excluding hydrogens is 441 g/mol. The van der Waals surface area contributed by atoms with Crippen LogP contribution in [0.1, 0.15) is 23.3 Å². The average molecular weight is 463 g/mol. The largest absolute Gasteiger partial charge is 0.387 e. The molecule has 0 bridgehead atoms. The lowest BCUT2D eigenvalue weighted by atomic mass is 10.0. The number of β-amino-alcohol motifs (C(OH)–C–C–N with tert-alkyl or cyclic N) is 1. The summed E-state index contributed by atoms with van der Waals surface area (Å²) in [4.78, 5) is 8.69. The lowest BCUT2D eigenvalue weighted by molar-refractivity contribution is 0.100. The summed E-state index contributed by atoms with van der Waals surface area (Å²) in [5.41, 5.74) is 2.92. The number of pyridine rings is 1. The molecule has 0 radical (unpaired) electrons. The zero-order chi connectivity index (χ0) is 21.1. The van der Waals surface area contributed by atoms with E-state index in [4.69, 9.17) is 34.8 Å². The monoisotopic (exact) mass is 461 g/mol. The van der Waals surface area contributed by atoms with Crippen LogP contribution in [0.2, 0.25) is 15.1 Å². The zero-order valence-electron chi connectivity index (χ0n) is 16.3. The summed E-state index contributed by atoms with van der Waals surface area (Å²) in [6.07, 6.45) is 2.84. The maximum absolute atomic E-state index is 10.7. The Hall–Kier alpha value is -1.82. The van der Waals surface area contributed by atoms with E-state index in [-0.39, 0.29) is 6.04 Å². The second-order valence-corrected chi connectivity index (χ2v) is 8.70. The van der Waals surface area contributed by atoms with Crippen LogP contribution in [-0.2, 0) is 0 Å². The van der Waals surface area contributed by atoms with Gasteiger partial charge in [0.1, 0.15) is 0 Å². The Morgan fingerprint density at radius 1 is 1.00 bits per heavy atom. The molecule has 7 heteroatoms. The van der Waals surface area contributed by atoms with Crippen molar-refractivity contribution >= 4 is 40.5 Å². The standard InChI is InChI=1S/C23H22Cl3N3O/c24-18-5-3-16(4-6-18)22-14-28(15-23(30)17-2-1-9-27-13-17)10-11-29(22)21-8-7-19(25)12-20(21)26/h1-9,12-13,22-23,30H,10-11,14-15H2/t22-,23?/m0/s1. The third-order valence-electron chi connectivity index (χ3n) is 5.44. The van der Waals surface area contributed by atoms with Crippen molar-refractivity contribution in [1.29, 1.82) is 0 Å². The molecule has 3 aromatic rings. The van der Waals surface area contributed by atoms with E-state index >= 15 is 0 Å². The van der Waals surface area contributed by atoms with Crippen LogP contribution < -0.4 is 4.90 Å². The number of aromatic nitrogens is 1. The molecule has 1 aromatic heterocycles. The van der Waals surface area contributed by atoms with Gasteiger partial charge in [0.25, 0.3) is 0 Å². The summed E-state index contributed by atoms with van der Waals surface area (Å²) in [7, 11) is 0. The van der Waals surface area contributed by atoms with Crippen LogP contribution in [0.5, 0.6) is 0 Å². The molecule has 1 saturated heterocycles. The Kier molecular flexibility index (Phi) is 6.81. The van der Waals surface area contributed by atoms with Crippen LogP contribution in [0.3, 0.4) is 0 Å². The second-order valence-electron chi connectivity index (χ2n) is 7.42. The van der Waals surface area contributed by atoms with E-state index in [2.05, 4.69) is 14.8 Å². The van der Waals surface area contributed by atoms with Crippen molar-refractivity contribution in [2.24, 2.45) is 0 Å². The molecule has 1 fully saturated rings. The number of aliphatic hydroxyl groups is 1. The summed E-state index contributed by atoms with van der Waals surface area (Å²) in [5, 5.41) is 12.6. The summed E-state index contributed by atoms with van der Waals surface area (Å²) >= 11 is 18.8. The molecule has 4 nitrogen and oxygen atoms in total. The molecule has 1 aliphatic rings. The molecule has 2 atom stereocenters. The second kappa shape index (κ2) is 9.54. The van der Waals surface area contributed by atoms with Gasteiger partial charge in [0.15, 0.2) is 0 Å². The van der Waals surface area contributed by atoms with E-state index in [1.165, 1.54) is 0 Å². The highest BCUT2D eigenvalue weighted by molar-refractivity contribution is 6.36. The molecule has 1 unspecified atom stereocenters. The van der Waals surface area contributed by atoms with E-state index in [1.807, 2.05) is 48.5 Å². The highest BCUT2D eigenvalue weighted by Gasteiger charge is 2.30. The Labute approximate surface area is 191 Å². The van der Waals surface area contributed by atoms with E-state index in [0.717, 1.165) is 36.4 Å². The third-order valence-corrected chi connectivity index (χ3v) is 6.23. The maximum atomic E-state index is 10.7. The number of hydrogen-bond donors (Lipinski definition) is 1. The number of piperazine rings is 1. The number of nitrogens with zero attached hydrogens (tertiary/aromatic N) is 3. The van der Waals surface area contributed by atoms with Gasteiger partial charge in [0.2, 0.25) is 0 Å². The molecule has 0 spiro atoms. The van der Waals surface area contributed by atoms with Crippen molar-refractivity contribution in [3.05, 3.63) is 93.2 Å². The fourth-order valence-electron chi connectivity index (χ4n) is 3.90. The van der Waals surface area contributed by atoms with Gasteiger partial charge >= 0.3 is 0 Å². The number of aliphatic hydroxyl groups excluding tert-OH is 1. The van der Waals surface area contributed by atoms with Crippen molar-refractivity contribution in [2.45, 2.75) is 12.1 Å². The first-order chi connectivity index (χ1) is 14.5. The fraction of sp³-hybridized carbons (Fsp3) is 0.261. The first-order valence-corrected chi connectivity index (χ1v) is 10.9. The minimum Gasteiger partial charge on any atom is -0.387 e. The van der Waals surface area contributed by atoms with Crippen LogP contribution in [-0.4, -0.2) is 41.2 Å². The molecule has 1 N–H and O–H groups in total. The maximum Gasteiger partial charge on any atom is 0.0931 e. The number of anilines is 1. The summed E-state index contributed by atoms with van der Waals surface area (Å²) in [6.45, 7) is 2.87. The number of benzene rings is 2. The topological polar surface area (TPSA) is 39.6 Å². The molecule has 0 aliphatic carbocycles. The SMILES string of the molecule is OC(CN1CCN(c2ccc(Cl)cc2Cl)[C@H](c2ccc(Cl)cc2)C1)c1cccnc1. The van der Waals surface area contributed by atoms with Gasteiger partial charge in [-0.1, -0.05) is 53.0 Å². The Bertz CT molecular complexity index is 985. The van der Waals surface area contributed by atoms with Gasteiger partial charge in [-0.2, -0.15) is 0 Å². The van der Waals surface area contributed by atoms with Crippen molar-refractivity contribution in [3.8, 4) is 0 Å². The van der Waals surface area contributed by atoms with Crippen LogP contribution in [0.25, 0.3) is 0 Å². The molecule has 1 aliphatic heterocycles. The molecule has 2 heterocycles. The first-order valence-electron chi connectivity index (χ1n) is 9.79. The molecule has 0 amide bonds. The van der Waals surface area contributed by atoms with E-state index < -0.39 is 6.10 Å². The predicted octanol–water partition coefficient (Wildman–Crippen LogP) is 5.64. The third kappa shape index (κ3) is 4.90. The Balaban J connectivity index is 1.59. The molecule has 4 rings (SSSR count). The van der Waals surface area contributed by atoms with E-state index in [1.54, 1.807) is 18.5 Å².